The van der Waals surface area contributed by atoms with Gasteiger partial charge in [-0.15, -0.1) is 11.3 Å². The van der Waals surface area contributed by atoms with Gasteiger partial charge in [-0.05, 0) is 32.2 Å². The molecule has 2 aromatic rings. The van der Waals surface area contributed by atoms with Gasteiger partial charge in [0.25, 0.3) is 0 Å². The fourth-order valence-electron chi connectivity index (χ4n) is 3.21. The molecule has 2 unspecified atom stereocenters. The van der Waals surface area contributed by atoms with Gasteiger partial charge >= 0.3 is 0 Å². The molecule has 0 amide bonds. The lowest BCUT2D eigenvalue weighted by atomic mass is 10.0. The van der Waals surface area contributed by atoms with Crippen molar-refractivity contribution in [2.45, 2.75) is 52.2 Å². The van der Waals surface area contributed by atoms with Crippen molar-refractivity contribution in [2.24, 2.45) is 5.92 Å². The van der Waals surface area contributed by atoms with Crippen molar-refractivity contribution in [2.75, 3.05) is 13.1 Å². The second kappa shape index (κ2) is 6.46. The van der Waals surface area contributed by atoms with Crippen LogP contribution in [-0.4, -0.2) is 39.5 Å². The summed E-state index contributed by atoms with van der Waals surface area (Å²) in [4.78, 5) is 8.44. The van der Waals surface area contributed by atoms with E-state index in [2.05, 4.69) is 53.2 Å². The van der Waals surface area contributed by atoms with Crippen molar-refractivity contribution in [3.8, 4) is 0 Å². The molecule has 1 fully saturated rings. The first kappa shape index (κ1) is 15.0. The molecule has 2 aromatic heterocycles. The van der Waals surface area contributed by atoms with Gasteiger partial charge in [-0.25, -0.2) is 4.98 Å². The third-order valence-electron chi connectivity index (χ3n) is 4.34. The summed E-state index contributed by atoms with van der Waals surface area (Å²) in [6.07, 6.45) is 6.73. The summed E-state index contributed by atoms with van der Waals surface area (Å²) in [5, 5.41) is 5.80. The largest absolute Gasteiger partial charge is 0.313 e. The lowest BCUT2D eigenvalue weighted by molar-refractivity contribution is 0.188. The average Bonchev–Trinajstić information content (AvgIpc) is 2.92. The second-order valence-corrected chi connectivity index (χ2v) is 7.55. The Morgan fingerprint density at radius 1 is 1.48 bits per heavy atom. The van der Waals surface area contributed by atoms with E-state index in [9.17, 15) is 0 Å². The monoisotopic (exact) mass is 306 g/mol. The minimum atomic E-state index is 0.610. The van der Waals surface area contributed by atoms with Crippen molar-refractivity contribution in [1.29, 1.82) is 0 Å². The summed E-state index contributed by atoms with van der Waals surface area (Å²) in [5.74, 6) is 0.746. The summed E-state index contributed by atoms with van der Waals surface area (Å²) in [6, 6.07) is 1.23. The minimum Gasteiger partial charge on any atom is -0.313 e. The van der Waals surface area contributed by atoms with Crippen LogP contribution in [0.15, 0.2) is 17.8 Å². The standard InChI is InChI=1S/C16H26N4S/c1-12(2)8-14-9-20(13(3)4-5-17-14)11-15-10-19-6-7-21-16(19)18-15/h6-7,10,12-14,17H,4-5,8-9,11H2,1-3H3. The van der Waals surface area contributed by atoms with Crippen LogP contribution in [0, 0.1) is 5.92 Å². The summed E-state index contributed by atoms with van der Waals surface area (Å²) < 4.78 is 2.13. The molecule has 0 bridgehead atoms. The number of fused-ring (bicyclic) bond motifs is 1. The first-order chi connectivity index (χ1) is 10.1. The molecule has 5 heteroatoms. The molecule has 1 aliphatic rings. The predicted molar refractivity (Wildman–Crippen MR) is 88.8 cm³/mol. The van der Waals surface area contributed by atoms with Crippen molar-refractivity contribution in [1.82, 2.24) is 19.6 Å². The van der Waals surface area contributed by atoms with E-state index in [0.29, 0.717) is 12.1 Å². The van der Waals surface area contributed by atoms with E-state index in [4.69, 9.17) is 4.98 Å². The number of hydrogen-bond acceptors (Lipinski definition) is 4. The van der Waals surface area contributed by atoms with E-state index >= 15 is 0 Å². The van der Waals surface area contributed by atoms with Crippen LogP contribution in [0.4, 0.5) is 0 Å². The molecule has 0 aliphatic carbocycles. The molecule has 0 spiro atoms. The van der Waals surface area contributed by atoms with Gasteiger partial charge in [-0.3, -0.25) is 9.30 Å². The van der Waals surface area contributed by atoms with Gasteiger partial charge in [0, 0.05) is 42.9 Å². The molecule has 116 valence electrons. The highest BCUT2D eigenvalue weighted by Gasteiger charge is 2.24. The van der Waals surface area contributed by atoms with Gasteiger partial charge in [0.15, 0.2) is 4.96 Å². The number of hydrogen-bond donors (Lipinski definition) is 1. The SMILES string of the molecule is CC(C)CC1CN(Cc2cn3ccsc3n2)C(C)CCN1. The highest BCUT2D eigenvalue weighted by atomic mass is 32.1. The molecule has 2 atom stereocenters. The van der Waals surface area contributed by atoms with Gasteiger partial charge in [0.2, 0.25) is 0 Å². The molecular formula is C16H26N4S. The number of aromatic nitrogens is 2. The smallest absolute Gasteiger partial charge is 0.193 e. The molecule has 0 radical (unpaired) electrons. The topological polar surface area (TPSA) is 32.6 Å². The normalized spacial score (nSPS) is 24.8. The Kier molecular flexibility index (Phi) is 4.62. The number of nitrogens with zero attached hydrogens (tertiary/aromatic N) is 3. The van der Waals surface area contributed by atoms with E-state index in [1.54, 1.807) is 11.3 Å². The van der Waals surface area contributed by atoms with E-state index in [-0.39, 0.29) is 0 Å². The van der Waals surface area contributed by atoms with Crippen LogP contribution >= 0.6 is 11.3 Å². The second-order valence-electron chi connectivity index (χ2n) is 6.67. The van der Waals surface area contributed by atoms with Crippen molar-refractivity contribution >= 4 is 16.3 Å². The molecule has 1 saturated heterocycles. The first-order valence-corrected chi connectivity index (χ1v) is 8.88. The summed E-state index contributed by atoms with van der Waals surface area (Å²) in [7, 11) is 0. The van der Waals surface area contributed by atoms with Crippen LogP contribution in [0.3, 0.4) is 0 Å². The number of imidazole rings is 1. The molecule has 0 aromatic carbocycles. The predicted octanol–water partition coefficient (Wildman–Crippen LogP) is 2.99. The zero-order valence-corrected chi connectivity index (χ0v) is 14.1. The van der Waals surface area contributed by atoms with Crippen LogP contribution < -0.4 is 5.32 Å². The van der Waals surface area contributed by atoms with Crippen LogP contribution in [0.5, 0.6) is 0 Å². The van der Waals surface area contributed by atoms with Gasteiger partial charge < -0.3 is 5.32 Å². The molecule has 1 N–H and O–H groups in total. The Morgan fingerprint density at radius 3 is 3.10 bits per heavy atom. The highest BCUT2D eigenvalue weighted by Crippen LogP contribution is 2.18. The number of thiazole rings is 1. The number of rotatable bonds is 4. The van der Waals surface area contributed by atoms with Crippen LogP contribution in [0.2, 0.25) is 0 Å². The Balaban J connectivity index is 1.69. The Morgan fingerprint density at radius 2 is 2.33 bits per heavy atom. The minimum absolute atomic E-state index is 0.610. The maximum Gasteiger partial charge on any atom is 0.193 e. The Bertz CT molecular complexity index is 545. The van der Waals surface area contributed by atoms with E-state index < -0.39 is 0 Å². The van der Waals surface area contributed by atoms with E-state index in [1.165, 1.54) is 18.5 Å². The molecule has 4 nitrogen and oxygen atoms in total. The molecule has 1 aliphatic heterocycles. The molecule has 3 heterocycles. The van der Waals surface area contributed by atoms with Crippen LogP contribution in [-0.2, 0) is 6.54 Å². The van der Waals surface area contributed by atoms with Crippen molar-refractivity contribution in [3.63, 3.8) is 0 Å². The van der Waals surface area contributed by atoms with Crippen LogP contribution in [0.1, 0.15) is 39.3 Å². The third kappa shape index (κ3) is 3.65. The van der Waals surface area contributed by atoms with Crippen molar-refractivity contribution in [3.05, 3.63) is 23.5 Å². The Hall–Kier alpha value is -0.910. The zero-order valence-electron chi connectivity index (χ0n) is 13.2. The fraction of sp³-hybridized carbons (Fsp3) is 0.688. The fourth-order valence-corrected chi connectivity index (χ4v) is 3.93. The van der Waals surface area contributed by atoms with Crippen molar-refractivity contribution < 1.29 is 0 Å². The lowest BCUT2D eigenvalue weighted by Crippen LogP contribution is -2.40. The summed E-state index contributed by atoms with van der Waals surface area (Å²) >= 11 is 1.71. The van der Waals surface area contributed by atoms with Crippen LogP contribution in [0.25, 0.3) is 4.96 Å². The van der Waals surface area contributed by atoms with Gasteiger partial charge in [-0.2, -0.15) is 0 Å². The first-order valence-electron chi connectivity index (χ1n) is 8.00. The number of nitrogens with one attached hydrogen (secondary N) is 1. The van der Waals surface area contributed by atoms with E-state index in [0.717, 1.165) is 30.5 Å². The van der Waals surface area contributed by atoms with Gasteiger partial charge in [0.05, 0.1) is 5.69 Å². The van der Waals surface area contributed by atoms with Gasteiger partial charge in [-0.1, -0.05) is 13.8 Å². The van der Waals surface area contributed by atoms with E-state index in [1.807, 2.05) is 0 Å². The maximum atomic E-state index is 4.74. The maximum absolute atomic E-state index is 4.74. The average molecular weight is 306 g/mol. The summed E-state index contributed by atoms with van der Waals surface area (Å²) in [6.45, 7) is 10.2. The van der Waals surface area contributed by atoms with Gasteiger partial charge in [0.1, 0.15) is 0 Å². The lowest BCUT2D eigenvalue weighted by Gasteiger charge is -2.29. The molecule has 21 heavy (non-hydrogen) atoms. The highest BCUT2D eigenvalue weighted by molar-refractivity contribution is 7.15. The zero-order chi connectivity index (χ0) is 14.8. The molecule has 3 rings (SSSR count). The Labute approximate surface area is 131 Å². The molecule has 0 saturated carbocycles. The quantitative estimate of drug-likeness (QED) is 0.942. The molecular weight excluding hydrogens is 280 g/mol. The third-order valence-corrected chi connectivity index (χ3v) is 5.11. The summed E-state index contributed by atoms with van der Waals surface area (Å²) in [5.41, 5.74) is 1.19.